The summed E-state index contributed by atoms with van der Waals surface area (Å²) in [5, 5.41) is 14.4. The monoisotopic (exact) mass is 406 g/mol. The molecule has 0 amide bonds. The van der Waals surface area contributed by atoms with Gasteiger partial charge in [-0.25, -0.2) is 19.4 Å². The number of aromatic carboxylic acids is 1. The zero-order valence-electron chi connectivity index (χ0n) is 16.3. The summed E-state index contributed by atoms with van der Waals surface area (Å²) in [7, 11) is 0. The van der Waals surface area contributed by atoms with E-state index < -0.39 is 5.97 Å². The summed E-state index contributed by atoms with van der Waals surface area (Å²) >= 11 is 1.62. The first-order valence-electron chi connectivity index (χ1n) is 9.69. The third-order valence-corrected chi connectivity index (χ3v) is 6.42. The first-order valence-corrected chi connectivity index (χ1v) is 10.5. The van der Waals surface area contributed by atoms with E-state index >= 15 is 0 Å². The minimum atomic E-state index is -0.925. The molecule has 7 heteroatoms. The minimum Gasteiger partial charge on any atom is -0.478 e. The molecule has 6 nitrogen and oxygen atoms in total. The lowest BCUT2D eigenvalue weighted by atomic mass is 9.89. The summed E-state index contributed by atoms with van der Waals surface area (Å²) in [6.07, 6.45) is 5.49. The maximum atomic E-state index is 11.1. The normalized spacial score (nSPS) is 12.5. The van der Waals surface area contributed by atoms with Gasteiger partial charge in [-0.15, -0.1) is 11.3 Å². The molecule has 0 aliphatic rings. The molecule has 148 valence electrons. The molecule has 2 aromatic heterocycles. The SMILES string of the molecule is CCC(CC)C(c1ccc2nc(-c3ccc(C(=O)O)cc3)sc2c1)n1cncn1. The molecule has 0 spiro atoms. The summed E-state index contributed by atoms with van der Waals surface area (Å²) in [4.78, 5) is 20.0. The highest BCUT2D eigenvalue weighted by atomic mass is 32.1. The molecule has 1 unspecified atom stereocenters. The van der Waals surface area contributed by atoms with Gasteiger partial charge >= 0.3 is 5.97 Å². The van der Waals surface area contributed by atoms with Crippen LogP contribution in [-0.2, 0) is 0 Å². The van der Waals surface area contributed by atoms with Crippen molar-refractivity contribution < 1.29 is 9.90 Å². The van der Waals surface area contributed by atoms with Crippen LogP contribution in [0.5, 0.6) is 0 Å². The van der Waals surface area contributed by atoms with Crippen molar-refractivity contribution in [2.75, 3.05) is 0 Å². The van der Waals surface area contributed by atoms with Gasteiger partial charge in [-0.2, -0.15) is 5.10 Å². The van der Waals surface area contributed by atoms with E-state index in [4.69, 9.17) is 10.1 Å². The zero-order chi connectivity index (χ0) is 20.4. The van der Waals surface area contributed by atoms with Gasteiger partial charge in [-0.3, -0.25) is 0 Å². The zero-order valence-corrected chi connectivity index (χ0v) is 17.1. The molecule has 1 atom stereocenters. The van der Waals surface area contributed by atoms with Gasteiger partial charge in [0.1, 0.15) is 17.7 Å². The van der Waals surface area contributed by atoms with E-state index in [2.05, 4.69) is 42.1 Å². The molecular formula is C22H22N4O2S. The Kier molecular flexibility index (Phi) is 5.40. The van der Waals surface area contributed by atoms with E-state index in [1.807, 2.05) is 16.8 Å². The molecule has 0 aliphatic heterocycles. The number of rotatable bonds is 7. The van der Waals surface area contributed by atoms with Gasteiger partial charge in [0, 0.05) is 5.56 Å². The first kappa shape index (κ1) is 19.3. The van der Waals surface area contributed by atoms with E-state index in [0.29, 0.717) is 5.92 Å². The molecule has 1 N–H and O–H groups in total. The Hall–Kier alpha value is -3.06. The van der Waals surface area contributed by atoms with Crippen LogP contribution in [0, 0.1) is 5.92 Å². The highest BCUT2D eigenvalue weighted by molar-refractivity contribution is 7.21. The largest absolute Gasteiger partial charge is 0.478 e. The Labute approximate surface area is 172 Å². The number of hydrogen-bond acceptors (Lipinski definition) is 5. The van der Waals surface area contributed by atoms with E-state index in [1.165, 1.54) is 5.56 Å². The van der Waals surface area contributed by atoms with Gasteiger partial charge in [0.25, 0.3) is 0 Å². The van der Waals surface area contributed by atoms with Crippen LogP contribution in [-0.4, -0.2) is 30.8 Å². The molecule has 0 fully saturated rings. The fraction of sp³-hybridized carbons (Fsp3) is 0.273. The average Bonchev–Trinajstić information content (AvgIpc) is 3.41. The van der Waals surface area contributed by atoms with Gasteiger partial charge in [-0.05, 0) is 35.7 Å². The first-order chi connectivity index (χ1) is 14.1. The van der Waals surface area contributed by atoms with E-state index in [1.54, 1.807) is 36.1 Å². The number of hydrogen-bond donors (Lipinski definition) is 1. The molecule has 4 aromatic rings. The second kappa shape index (κ2) is 8.13. The van der Waals surface area contributed by atoms with Crippen molar-refractivity contribution in [3.05, 3.63) is 66.2 Å². The van der Waals surface area contributed by atoms with Crippen molar-refractivity contribution >= 4 is 27.5 Å². The maximum Gasteiger partial charge on any atom is 0.335 e. The van der Waals surface area contributed by atoms with Crippen LogP contribution in [0.1, 0.15) is 48.7 Å². The Morgan fingerprint density at radius 2 is 1.90 bits per heavy atom. The predicted molar refractivity (Wildman–Crippen MR) is 114 cm³/mol. The molecule has 0 bridgehead atoms. The predicted octanol–water partition coefficient (Wildman–Crippen LogP) is 5.28. The lowest BCUT2D eigenvalue weighted by Crippen LogP contribution is -2.20. The van der Waals surface area contributed by atoms with Gasteiger partial charge in [0.2, 0.25) is 0 Å². The van der Waals surface area contributed by atoms with Gasteiger partial charge in [-0.1, -0.05) is 44.9 Å². The maximum absolute atomic E-state index is 11.1. The Balaban J connectivity index is 1.73. The van der Waals surface area contributed by atoms with Crippen molar-refractivity contribution in [2.45, 2.75) is 32.7 Å². The summed E-state index contributed by atoms with van der Waals surface area (Å²) in [6.45, 7) is 4.42. The molecule has 2 heterocycles. The average molecular weight is 407 g/mol. The van der Waals surface area contributed by atoms with Crippen LogP contribution in [0.2, 0.25) is 0 Å². The second-order valence-electron chi connectivity index (χ2n) is 7.03. The smallest absolute Gasteiger partial charge is 0.335 e. The van der Waals surface area contributed by atoms with Crippen LogP contribution in [0.15, 0.2) is 55.1 Å². The molecule has 4 rings (SSSR count). The van der Waals surface area contributed by atoms with Crippen molar-refractivity contribution in [3.63, 3.8) is 0 Å². The molecule has 0 aliphatic carbocycles. The minimum absolute atomic E-state index is 0.136. The third-order valence-electron chi connectivity index (χ3n) is 5.35. The van der Waals surface area contributed by atoms with E-state index in [-0.39, 0.29) is 11.6 Å². The lowest BCUT2D eigenvalue weighted by molar-refractivity contribution is 0.0697. The standard InChI is InChI=1S/C22H22N4O2S/c1-3-14(4-2)20(26-13-23-12-24-26)17-9-10-18-19(11-17)29-21(25-18)15-5-7-16(8-6-15)22(27)28/h5-14,20H,3-4H2,1-2H3,(H,27,28). The molecule has 0 radical (unpaired) electrons. The number of carboxylic acid groups (broad SMARTS) is 1. The highest BCUT2D eigenvalue weighted by Gasteiger charge is 2.24. The van der Waals surface area contributed by atoms with E-state index in [9.17, 15) is 4.79 Å². The highest BCUT2D eigenvalue weighted by Crippen LogP contribution is 2.36. The molecule has 0 saturated heterocycles. The summed E-state index contributed by atoms with van der Waals surface area (Å²) in [6, 6.07) is 13.4. The molecule has 2 aromatic carbocycles. The summed E-state index contributed by atoms with van der Waals surface area (Å²) in [5.41, 5.74) is 3.34. The van der Waals surface area contributed by atoms with Crippen molar-refractivity contribution in [2.24, 2.45) is 5.92 Å². The molecule has 29 heavy (non-hydrogen) atoms. The molecule has 0 saturated carbocycles. The lowest BCUT2D eigenvalue weighted by Gasteiger charge is -2.25. The van der Waals surface area contributed by atoms with Crippen LogP contribution in [0.25, 0.3) is 20.8 Å². The number of fused-ring (bicyclic) bond motifs is 1. The number of thiazole rings is 1. The molecular weight excluding hydrogens is 384 g/mol. The van der Waals surface area contributed by atoms with E-state index in [0.717, 1.165) is 33.6 Å². The van der Waals surface area contributed by atoms with Crippen molar-refractivity contribution in [3.8, 4) is 10.6 Å². The topological polar surface area (TPSA) is 80.9 Å². The fourth-order valence-electron chi connectivity index (χ4n) is 3.74. The van der Waals surface area contributed by atoms with Crippen LogP contribution >= 0.6 is 11.3 Å². The second-order valence-corrected chi connectivity index (χ2v) is 8.06. The van der Waals surface area contributed by atoms with Gasteiger partial charge in [0.05, 0.1) is 21.8 Å². The Morgan fingerprint density at radius 3 is 2.52 bits per heavy atom. The Morgan fingerprint density at radius 1 is 1.14 bits per heavy atom. The van der Waals surface area contributed by atoms with Crippen LogP contribution in [0.4, 0.5) is 0 Å². The quantitative estimate of drug-likeness (QED) is 0.452. The van der Waals surface area contributed by atoms with Crippen molar-refractivity contribution in [1.82, 2.24) is 19.7 Å². The number of carboxylic acids is 1. The summed E-state index contributed by atoms with van der Waals surface area (Å²) < 4.78 is 3.06. The number of benzene rings is 2. The van der Waals surface area contributed by atoms with Gasteiger partial charge in [0.15, 0.2) is 0 Å². The number of aromatic nitrogens is 4. The fourth-order valence-corrected chi connectivity index (χ4v) is 4.76. The van der Waals surface area contributed by atoms with Crippen LogP contribution < -0.4 is 0 Å². The summed E-state index contributed by atoms with van der Waals surface area (Å²) in [5.74, 6) is -0.462. The third kappa shape index (κ3) is 3.78. The van der Waals surface area contributed by atoms with Gasteiger partial charge < -0.3 is 5.11 Å². The van der Waals surface area contributed by atoms with Crippen LogP contribution in [0.3, 0.4) is 0 Å². The number of carbonyl (C=O) groups is 1. The number of nitrogens with zero attached hydrogens (tertiary/aromatic N) is 4. The van der Waals surface area contributed by atoms with Crippen molar-refractivity contribution in [1.29, 1.82) is 0 Å². The Bertz CT molecular complexity index is 1120.